The summed E-state index contributed by atoms with van der Waals surface area (Å²) in [7, 11) is -0.366. The molecule has 0 aliphatic carbocycles. The molecular weight excluding hydrogens is 417 g/mol. The molecule has 0 N–H and O–H groups in total. The molecule has 0 bridgehead atoms. The summed E-state index contributed by atoms with van der Waals surface area (Å²) in [5, 5.41) is 0. The molecule has 0 aromatic heterocycles. The van der Waals surface area contributed by atoms with Gasteiger partial charge in [0.2, 0.25) is 0 Å². The molecule has 2 heterocycles. The molecule has 2 fully saturated rings. The lowest BCUT2D eigenvalue weighted by Crippen LogP contribution is -2.41. The third-order valence-electron chi connectivity index (χ3n) is 6.97. The van der Waals surface area contributed by atoms with Gasteiger partial charge in [-0.15, -0.1) is 0 Å². The fourth-order valence-corrected chi connectivity index (χ4v) is 4.01. The number of carbonyl (C=O) groups excluding carboxylic acids is 1. The number of piperidine rings is 1. The van der Waals surface area contributed by atoms with Crippen LogP contribution in [-0.4, -0.2) is 49.0 Å². The predicted molar refractivity (Wildman–Crippen MR) is 129 cm³/mol. The number of amides is 1. The minimum atomic E-state index is -0.366. The summed E-state index contributed by atoms with van der Waals surface area (Å²) in [5.41, 5.74) is 1.28. The molecule has 0 unspecified atom stereocenters. The van der Waals surface area contributed by atoms with Crippen LogP contribution in [0.15, 0.2) is 54.6 Å². The maximum atomic E-state index is 12.3. The van der Waals surface area contributed by atoms with Crippen molar-refractivity contribution in [2.75, 3.05) is 19.7 Å². The summed E-state index contributed by atoms with van der Waals surface area (Å²) >= 11 is 0. The zero-order valence-corrected chi connectivity index (χ0v) is 20.1. The summed E-state index contributed by atoms with van der Waals surface area (Å²) in [4.78, 5) is 14.1. The highest BCUT2D eigenvalue weighted by atomic mass is 16.7. The normalized spacial score (nSPS) is 20.0. The predicted octanol–water partition coefficient (Wildman–Crippen LogP) is 4.41. The van der Waals surface area contributed by atoms with Gasteiger partial charge in [-0.2, -0.15) is 0 Å². The zero-order chi connectivity index (χ0) is 23.5. The molecule has 33 heavy (non-hydrogen) atoms. The van der Waals surface area contributed by atoms with E-state index in [4.69, 9.17) is 18.8 Å². The first kappa shape index (κ1) is 23.6. The van der Waals surface area contributed by atoms with Crippen molar-refractivity contribution in [1.29, 1.82) is 0 Å². The first-order valence-electron chi connectivity index (χ1n) is 11.8. The molecule has 0 atom stereocenters. The van der Waals surface area contributed by atoms with E-state index in [-0.39, 0.29) is 24.4 Å². The molecule has 2 aliphatic heterocycles. The number of rotatable bonds is 6. The number of nitrogens with zero attached hydrogens (tertiary/aromatic N) is 1. The van der Waals surface area contributed by atoms with Crippen molar-refractivity contribution < 1.29 is 23.6 Å². The van der Waals surface area contributed by atoms with E-state index in [2.05, 4.69) is 27.7 Å². The molecule has 176 valence electrons. The van der Waals surface area contributed by atoms with E-state index in [9.17, 15) is 4.79 Å². The lowest BCUT2D eigenvalue weighted by Gasteiger charge is -2.32. The van der Waals surface area contributed by atoms with E-state index >= 15 is 0 Å². The van der Waals surface area contributed by atoms with Gasteiger partial charge < -0.3 is 23.7 Å². The molecule has 2 saturated heterocycles. The SMILES string of the molecule is CC1(C)OB(c2ccc(OCC3CCN(C(=O)OCc4ccccc4)CC3)cc2)OC1(C)C. The highest BCUT2D eigenvalue weighted by Gasteiger charge is 2.51. The highest BCUT2D eigenvalue weighted by molar-refractivity contribution is 6.62. The molecule has 2 aromatic carbocycles. The molecule has 1 amide bonds. The van der Waals surface area contributed by atoms with Gasteiger partial charge in [0.25, 0.3) is 0 Å². The average Bonchev–Trinajstić information content (AvgIpc) is 3.04. The molecule has 0 saturated carbocycles. The molecule has 4 rings (SSSR count). The fourth-order valence-electron chi connectivity index (χ4n) is 4.01. The second-order valence-electron chi connectivity index (χ2n) is 9.94. The van der Waals surface area contributed by atoms with Gasteiger partial charge in [-0.1, -0.05) is 42.5 Å². The molecule has 2 aromatic rings. The van der Waals surface area contributed by atoms with E-state index in [0.717, 1.165) is 29.6 Å². The molecular formula is C26H34BNO5. The monoisotopic (exact) mass is 451 g/mol. The van der Waals surface area contributed by atoms with E-state index < -0.39 is 0 Å². The van der Waals surface area contributed by atoms with E-state index in [1.165, 1.54) is 0 Å². The highest BCUT2D eigenvalue weighted by Crippen LogP contribution is 2.36. The summed E-state index contributed by atoms with van der Waals surface area (Å²) < 4.78 is 23.7. The zero-order valence-electron chi connectivity index (χ0n) is 20.1. The maximum Gasteiger partial charge on any atom is 0.494 e. The van der Waals surface area contributed by atoms with Gasteiger partial charge >= 0.3 is 13.2 Å². The van der Waals surface area contributed by atoms with Crippen LogP contribution < -0.4 is 10.2 Å². The second-order valence-corrected chi connectivity index (χ2v) is 9.94. The van der Waals surface area contributed by atoms with Crippen LogP contribution in [0.4, 0.5) is 4.79 Å². The third kappa shape index (κ3) is 5.71. The number of hydrogen-bond donors (Lipinski definition) is 0. The summed E-state index contributed by atoms with van der Waals surface area (Å²) in [6, 6.07) is 17.7. The maximum absolute atomic E-state index is 12.3. The Hall–Kier alpha value is -2.51. The topological polar surface area (TPSA) is 57.2 Å². The van der Waals surface area contributed by atoms with Crippen molar-refractivity contribution in [1.82, 2.24) is 4.90 Å². The number of benzene rings is 2. The Kier molecular flexibility index (Phi) is 7.01. The van der Waals surface area contributed by atoms with Gasteiger partial charge in [0, 0.05) is 13.1 Å². The first-order chi connectivity index (χ1) is 15.7. The van der Waals surface area contributed by atoms with Gasteiger partial charge in [0.1, 0.15) is 12.4 Å². The average molecular weight is 451 g/mol. The van der Waals surface area contributed by atoms with Crippen LogP contribution in [0.25, 0.3) is 0 Å². The molecule has 7 heteroatoms. The Morgan fingerprint density at radius 1 is 0.970 bits per heavy atom. The number of likely N-dealkylation sites (tertiary alicyclic amines) is 1. The lowest BCUT2D eigenvalue weighted by atomic mass is 9.79. The van der Waals surface area contributed by atoms with Gasteiger partial charge in [0.05, 0.1) is 17.8 Å². The first-order valence-corrected chi connectivity index (χ1v) is 11.8. The van der Waals surface area contributed by atoms with Crippen molar-refractivity contribution >= 4 is 18.7 Å². The number of ether oxygens (including phenoxy) is 2. The van der Waals surface area contributed by atoms with Crippen molar-refractivity contribution in [2.24, 2.45) is 5.92 Å². The van der Waals surface area contributed by atoms with E-state index in [1.54, 1.807) is 4.90 Å². The molecule has 6 nitrogen and oxygen atoms in total. The quantitative estimate of drug-likeness (QED) is 0.609. The number of hydrogen-bond acceptors (Lipinski definition) is 5. The molecule has 2 aliphatic rings. The van der Waals surface area contributed by atoms with Crippen molar-refractivity contribution in [2.45, 2.75) is 58.3 Å². The van der Waals surface area contributed by atoms with Gasteiger partial charge in [0.15, 0.2) is 0 Å². The van der Waals surface area contributed by atoms with E-state index in [1.807, 2.05) is 54.6 Å². The van der Waals surface area contributed by atoms with Crippen molar-refractivity contribution in [3.63, 3.8) is 0 Å². The Balaban J connectivity index is 1.19. The summed E-state index contributed by atoms with van der Waals surface area (Å²) in [5.74, 6) is 1.26. The van der Waals surface area contributed by atoms with Crippen LogP contribution >= 0.6 is 0 Å². The Morgan fingerprint density at radius 3 is 2.18 bits per heavy atom. The standard InChI is InChI=1S/C26H34BNO5/c1-25(2)26(3,4)33-27(32-25)22-10-12-23(13-11-22)30-18-21-14-16-28(17-15-21)24(29)31-19-20-8-6-5-7-9-20/h5-13,21H,14-19H2,1-4H3. The molecule has 0 radical (unpaired) electrons. The second kappa shape index (κ2) is 9.78. The molecule has 0 spiro atoms. The van der Waals surface area contributed by atoms with Crippen LogP contribution in [0, 0.1) is 5.92 Å². The van der Waals surface area contributed by atoms with Crippen LogP contribution in [0.3, 0.4) is 0 Å². The third-order valence-corrected chi connectivity index (χ3v) is 6.97. The largest absolute Gasteiger partial charge is 0.494 e. The van der Waals surface area contributed by atoms with Crippen molar-refractivity contribution in [3.8, 4) is 5.75 Å². The number of carbonyl (C=O) groups is 1. The minimum Gasteiger partial charge on any atom is -0.493 e. The van der Waals surface area contributed by atoms with Crippen LogP contribution in [0.1, 0.15) is 46.1 Å². The lowest BCUT2D eigenvalue weighted by molar-refractivity contribution is 0.00578. The minimum absolute atomic E-state index is 0.239. The van der Waals surface area contributed by atoms with Gasteiger partial charge in [-0.05, 0) is 69.6 Å². The van der Waals surface area contributed by atoms with Gasteiger partial charge in [-0.25, -0.2) is 4.79 Å². The summed E-state index contributed by atoms with van der Waals surface area (Å²) in [6.45, 7) is 10.6. The summed E-state index contributed by atoms with van der Waals surface area (Å²) in [6.07, 6.45) is 1.58. The fraction of sp³-hybridized carbons (Fsp3) is 0.500. The van der Waals surface area contributed by atoms with Crippen LogP contribution in [0.5, 0.6) is 5.75 Å². The van der Waals surface area contributed by atoms with Gasteiger partial charge in [-0.3, -0.25) is 0 Å². The Labute approximate surface area is 197 Å². The smallest absolute Gasteiger partial charge is 0.493 e. The Bertz CT molecular complexity index is 907. The van der Waals surface area contributed by atoms with E-state index in [0.29, 0.717) is 32.2 Å². The van der Waals surface area contributed by atoms with Crippen LogP contribution in [-0.2, 0) is 20.7 Å². The Morgan fingerprint density at radius 2 is 1.58 bits per heavy atom. The van der Waals surface area contributed by atoms with Crippen molar-refractivity contribution in [3.05, 3.63) is 60.2 Å². The van der Waals surface area contributed by atoms with Crippen LogP contribution in [0.2, 0.25) is 0 Å².